The average Bonchev–Trinajstić information content (AvgIpc) is 3.28. The second kappa shape index (κ2) is 22.7. The molecular weight excluding hydrogens is 879 g/mol. The molecule has 4 heterocycles. The number of anilines is 1. The van der Waals surface area contributed by atoms with Crippen molar-refractivity contribution in [3.8, 4) is 5.75 Å². The minimum Gasteiger partial charge on any atom is -0.426 e. The summed E-state index contributed by atoms with van der Waals surface area (Å²) in [6.45, 7) is 3.70. The Bertz CT molecular complexity index is 2450. The monoisotopic (exact) mass is 929 g/mol. The van der Waals surface area contributed by atoms with Gasteiger partial charge in [-0.3, -0.25) is 4.79 Å². The van der Waals surface area contributed by atoms with Crippen LogP contribution in [0, 0.1) is 23.5 Å². The number of carbonyl (C=O) groups is 2. The van der Waals surface area contributed by atoms with Crippen molar-refractivity contribution in [2.75, 3.05) is 31.5 Å². The third-order valence-electron chi connectivity index (χ3n) is 10.6. The van der Waals surface area contributed by atoms with Crippen molar-refractivity contribution in [2.24, 2.45) is 11.8 Å². The molecule has 20 heteroatoms. The highest BCUT2D eigenvalue weighted by Gasteiger charge is 2.49. The highest BCUT2D eigenvalue weighted by atomic mass is 32.2. The molecule has 5 aromatic rings. The van der Waals surface area contributed by atoms with Crippen molar-refractivity contribution >= 4 is 37.4 Å². The number of nitrogens with one attached hydrogen (secondary N) is 2. The number of benzene rings is 3. The number of urea groups is 1. The zero-order chi connectivity index (χ0) is 45.7. The molecule has 2 atom stereocenters. The highest BCUT2D eigenvalue weighted by Crippen LogP contribution is 2.40. The molecule has 2 fully saturated rings. The minimum absolute atomic E-state index is 0. The third-order valence-corrected chi connectivity index (χ3v) is 15.2. The molecule has 3 aromatic carbocycles. The van der Waals surface area contributed by atoms with Crippen LogP contribution in [0.15, 0.2) is 126 Å². The number of likely N-dealkylation sites (tertiary alicyclic amines) is 1. The quantitative estimate of drug-likeness (QED) is 0.0795. The number of hydrogen-bond acceptors (Lipinski definition) is 12. The molecule has 0 bridgehead atoms. The highest BCUT2D eigenvalue weighted by molar-refractivity contribution is 7.93. The molecule has 2 aliphatic heterocycles. The maximum atomic E-state index is 15.4. The Kier molecular flexibility index (Phi) is 18.0. The Hall–Kier alpha value is -5.86. The summed E-state index contributed by atoms with van der Waals surface area (Å²) in [6.07, 6.45) is 7.39. The Morgan fingerprint density at radius 3 is 1.72 bits per heavy atom. The number of ether oxygens (including phenoxy) is 1. The standard InChI is InChI=1S/C18H20F2N4O3S.C13H17F2NO2S.C12H10N2O2.CH4/c1-18(20,28(26,27)16-4-2-3-14(19)11-16)13-6-9-24(10-7-13)17(25)23-15-5-8-21-22-12-15;1-13(15,10-5-7-16-8-6-10)19(17,18)12-4-2-3-11(14)9-12;15-12(8-10-6-7-13-14-9-10)16-11-4-2-1-3-5-11;/h2-5,8,11-13H,6-7,9-10H2,1H3,(H,21,23,25);2-4,9-10,16H,5-8H2,1H3;1-7,9H,8H2;1H4. The summed E-state index contributed by atoms with van der Waals surface area (Å²) in [4.78, 5) is 24.6. The molecular formula is C44H51F4N7O7S2. The molecule has 2 unspecified atom stereocenters. The van der Waals surface area contributed by atoms with Gasteiger partial charge in [0.1, 0.15) is 17.4 Å². The van der Waals surface area contributed by atoms with Crippen molar-refractivity contribution in [1.82, 2.24) is 30.6 Å². The molecule has 2 N–H and O–H groups in total. The zero-order valence-corrected chi connectivity index (χ0v) is 36.0. The number of hydrogen-bond donors (Lipinski definition) is 2. The second-order valence-electron chi connectivity index (χ2n) is 15.0. The van der Waals surface area contributed by atoms with Crippen LogP contribution < -0.4 is 15.4 Å². The van der Waals surface area contributed by atoms with Crippen LogP contribution >= 0.6 is 0 Å². The van der Waals surface area contributed by atoms with Gasteiger partial charge in [-0.2, -0.15) is 20.4 Å². The SMILES string of the molecule is C.CC(F)(C1CCN(C(=O)Nc2ccnnc2)CC1)S(=O)(=O)c1cccc(F)c1.CC(F)(C1CCNCC1)S(=O)(=O)c1cccc(F)c1.O=C(Cc1ccnnc1)Oc1ccccc1. The smallest absolute Gasteiger partial charge is 0.321 e. The predicted molar refractivity (Wildman–Crippen MR) is 232 cm³/mol. The van der Waals surface area contributed by atoms with Gasteiger partial charge in [-0.25, -0.2) is 39.2 Å². The van der Waals surface area contributed by atoms with E-state index < -0.39 is 53.1 Å². The number of nitrogens with zero attached hydrogens (tertiary/aromatic N) is 5. The Labute approximate surface area is 370 Å². The number of alkyl halides is 2. The van der Waals surface area contributed by atoms with Gasteiger partial charge in [-0.05, 0) is 119 Å². The van der Waals surface area contributed by atoms with Crippen LogP contribution in [0.4, 0.5) is 28.0 Å². The minimum atomic E-state index is -4.39. The third kappa shape index (κ3) is 13.1. The van der Waals surface area contributed by atoms with E-state index in [0.29, 0.717) is 37.4 Å². The van der Waals surface area contributed by atoms with Crippen LogP contribution in [0.2, 0.25) is 0 Å². The number of piperidine rings is 2. The molecule has 2 saturated heterocycles. The van der Waals surface area contributed by atoms with E-state index in [1.807, 2.05) is 18.2 Å². The van der Waals surface area contributed by atoms with E-state index in [0.717, 1.165) is 43.7 Å². The lowest BCUT2D eigenvalue weighted by Crippen LogP contribution is -2.48. The van der Waals surface area contributed by atoms with Crippen molar-refractivity contribution in [1.29, 1.82) is 0 Å². The lowest BCUT2D eigenvalue weighted by molar-refractivity contribution is -0.133. The molecule has 2 amide bonds. The van der Waals surface area contributed by atoms with Crippen molar-refractivity contribution < 1.29 is 48.7 Å². The van der Waals surface area contributed by atoms with Crippen LogP contribution in [0.3, 0.4) is 0 Å². The first-order valence-corrected chi connectivity index (χ1v) is 22.8. The number of esters is 1. The number of carbonyl (C=O) groups excluding carboxylic acids is 2. The van der Waals surface area contributed by atoms with E-state index in [-0.39, 0.29) is 61.6 Å². The number of amides is 2. The first-order chi connectivity index (χ1) is 29.9. The lowest BCUT2D eigenvalue weighted by Gasteiger charge is -2.37. The summed E-state index contributed by atoms with van der Waals surface area (Å²) >= 11 is 0. The summed E-state index contributed by atoms with van der Waals surface area (Å²) in [5, 5.41) is 15.4. The molecule has 0 spiro atoms. The molecule has 64 heavy (non-hydrogen) atoms. The lowest BCUT2D eigenvalue weighted by atomic mass is 9.92. The number of rotatable bonds is 10. The number of para-hydroxylation sites is 1. The van der Waals surface area contributed by atoms with Gasteiger partial charge in [0.2, 0.25) is 29.7 Å². The van der Waals surface area contributed by atoms with Gasteiger partial charge in [-0.15, -0.1) is 0 Å². The molecule has 344 valence electrons. The molecule has 0 saturated carbocycles. The summed E-state index contributed by atoms with van der Waals surface area (Å²) in [7, 11) is -8.58. The summed E-state index contributed by atoms with van der Waals surface area (Å²) < 4.78 is 112. The first-order valence-electron chi connectivity index (χ1n) is 19.8. The van der Waals surface area contributed by atoms with Gasteiger partial charge in [-0.1, -0.05) is 37.8 Å². The van der Waals surface area contributed by atoms with Gasteiger partial charge in [0.05, 0.1) is 40.5 Å². The van der Waals surface area contributed by atoms with Crippen LogP contribution in [0.25, 0.3) is 0 Å². The molecule has 2 aliphatic rings. The number of halogens is 4. The van der Waals surface area contributed by atoms with Gasteiger partial charge >= 0.3 is 12.0 Å². The van der Waals surface area contributed by atoms with Gasteiger partial charge in [0.15, 0.2) is 0 Å². The van der Waals surface area contributed by atoms with E-state index in [1.54, 1.807) is 36.7 Å². The van der Waals surface area contributed by atoms with Gasteiger partial charge < -0.3 is 20.3 Å². The van der Waals surface area contributed by atoms with Crippen molar-refractivity contribution in [2.45, 2.75) is 73.2 Å². The van der Waals surface area contributed by atoms with E-state index in [9.17, 15) is 39.6 Å². The second-order valence-corrected chi connectivity index (χ2v) is 19.5. The Morgan fingerprint density at radius 2 is 1.23 bits per heavy atom. The van der Waals surface area contributed by atoms with Crippen molar-refractivity contribution in [3.63, 3.8) is 0 Å². The summed E-state index contributed by atoms with van der Waals surface area (Å²) in [5.74, 6) is -2.56. The molecule has 0 radical (unpaired) electrons. The van der Waals surface area contributed by atoms with Crippen molar-refractivity contribution in [3.05, 3.63) is 133 Å². The van der Waals surface area contributed by atoms with Gasteiger partial charge in [0.25, 0.3) is 0 Å². The molecule has 0 aliphatic carbocycles. The Balaban J connectivity index is 0.000000219. The fourth-order valence-electron chi connectivity index (χ4n) is 6.92. The zero-order valence-electron chi connectivity index (χ0n) is 34.4. The summed E-state index contributed by atoms with van der Waals surface area (Å²) in [5.41, 5.74) is 1.27. The fourth-order valence-corrected chi connectivity index (χ4v) is 10.2. The fraction of sp³-hybridized carbons (Fsp3) is 0.364. The van der Waals surface area contributed by atoms with Crippen LogP contribution in [0.1, 0.15) is 52.5 Å². The average molecular weight is 930 g/mol. The van der Waals surface area contributed by atoms with E-state index in [4.69, 9.17) is 4.74 Å². The van der Waals surface area contributed by atoms with Crippen LogP contribution in [-0.4, -0.2) is 90.3 Å². The normalized spacial score (nSPS) is 16.4. The molecule has 7 rings (SSSR count). The maximum absolute atomic E-state index is 15.4. The number of aromatic nitrogens is 4. The van der Waals surface area contributed by atoms with Crippen LogP contribution in [0.5, 0.6) is 5.75 Å². The largest absolute Gasteiger partial charge is 0.426 e. The first kappa shape index (κ1) is 50.8. The van der Waals surface area contributed by atoms with Gasteiger partial charge in [0, 0.05) is 31.1 Å². The van der Waals surface area contributed by atoms with E-state index in [2.05, 4.69) is 31.0 Å². The topological polar surface area (TPSA) is 191 Å². The Morgan fingerprint density at radius 1 is 0.719 bits per heavy atom. The van der Waals surface area contributed by atoms with E-state index in [1.165, 1.54) is 41.6 Å². The van der Waals surface area contributed by atoms with Crippen LogP contribution in [-0.2, 0) is 30.9 Å². The molecule has 2 aromatic heterocycles. The van der Waals surface area contributed by atoms with E-state index >= 15 is 4.39 Å². The summed E-state index contributed by atoms with van der Waals surface area (Å²) in [6, 6.07) is 20.8. The number of sulfone groups is 2. The predicted octanol–water partition coefficient (Wildman–Crippen LogP) is 7.56. The molecule has 14 nitrogen and oxygen atoms in total. The maximum Gasteiger partial charge on any atom is 0.321 e.